The van der Waals surface area contributed by atoms with Crippen molar-refractivity contribution in [2.24, 2.45) is 4.99 Å². The van der Waals surface area contributed by atoms with Gasteiger partial charge in [-0.25, -0.2) is 13.2 Å². The fraction of sp³-hybridized carbons (Fsp3) is 0.211. The summed E-state index contributed by atoms with van der Waals surface area (Å²) in [5.74, 6) is -1.23. The average Bonchev–Trinajstić information content (AvgIpc) is 2.94. The number of hydrogen-bond donors (Lipinski definition) is 2. The SMILES string of the molecule is C[C@H](OC(=O)[C@@H](C)N=C1NS(=O)(=O)c2ccccc21)C(=O)Nc1ccc(Cl)cc1. The van der Waals surface area contributed by atoms with Gasteiger partial charge in [0.25, 0.3) is 15.9 Å². The summed E-state index contributed by atoms with van der Waals surface area (Å²) in [6, 6.07) is 11.8. The summed E-state index contributed by atoms with van der Waals surface area (Å²) < 4.78 is 31.7. The van der Waals surface area contributed by atoms with E-state index in [1.165, 1.54) is 19.9 Å². The van der Waals surface area contributed by atoms with Gasteiger partial charge in [0.1, 0.15) is 11.9 Å². The van der Waals surface area contributed by atoms with Crippen molar-refractivity contribution in [2.45, 2.75) is 30.9 Å². The van der Waals surface area contributed by atoms with E-state index >= 15 is 0 Å². The van der Waals surface area contributed by atoms with E-state index < -0.39 is 34.0 Å². The smallest absolute Gasteiger partial charge is 0.331 e. The maximum atomic E-state index is 12.3. The van der Waals surface area contributed by atoms with Crippen LogP contribution in [0.5, 0.6) is 0 Å². The number of anilines is 1. The Labute approximate surface area is 173 Å². The predicted octanol–water partition coefficient (Wildman–Crippen LogP) is 2.34. The van der Waals surface area contributed by atoms with E-state index in [9.17, 15) is 18.0 Å². The molecule has 152 valence electrons. The number of ether oxygens (including phenoxy) is 1. The van der Waals surface area contributed by atoms with Crippen LogP contribution in [-0.4, -0.2) is 38.3 Å². The van der Waals surface area contributed by atoms with Gasteiger partial charge >= 0.3 is 5.97 Å². The number of rotatable bonds is 5. The molecule has 0 radical (unpaired) electrons. The van der Waals surface area contributed by atoms with E-state index in [2.05, 4.69) is 15.0 Å². The van der Waals surface area contributed by atoms with Gasteiger partial charge in [0, 0.05) is 16.3 Å². The lowest BCUT2D eigenvalue weighted by Crippen LogP contribution is -2.33. The molecule has 0 saturated heterocycles. The fourth-order valence-corrected chi connectivity index (χ4v) is 3.94. The Morgan fingerprint density at radius 1 is 1.10 bits per heavy atom. The molecule has 2 aromatic rings. The number of carbonyl (C=O) groups excluding carboxylic acids is 2. The molecule has 1 amide bonds. The van der Waals surface area contributed by atoms with Gasteiger partial charge in [0.2, 0.25) is 0 Å². The van der Waals surface area contributed by atoms with Crippen LogP contribution in [0.1, 0.15) is 19.4 Å². The molecule has 8 nitrogen and oxygen atoms in total. The first-order valence-corrected chi connectivity index (χ1v) is 10.5. The van der Waals surface area contributed by atoms with Crippen molar-refractivity contribution in [3.63, 3.8) is 0 Å². The van der Waals surface area contributed by atoms with Crippen molar-refractivity contribution in [2.75, 3.05) is 5.32 Å². The molecule has 3 rings (SSSR count). The summed E-state index contributed by atoms with van der Waals surface area (Å²) in [6.07, 6.45) is -1.08. The third-order valence-electron chi connectivity index (χ3n) is 4.10. The monoisotopic (exact) mass is 435 g/mol. The minimum absolute atomic E-state index is 0.0586. The van der Waals surface area contributed by atoms with Crippen LogP contribution >= 0.6 is 11.6 Å². The molecule has 10 heteroatoms. The minimum atomic E-state index is -3.71. The first-order chi connectivity index (χ1) is 13.7. The fourth-order valence-electron chi connectivity index (χ4n) is 2.58. The van der Waals surface area contributed by atoms with Crippen LogP contribution in [0.25, 0.3) is 0 Å². The Balaban J connectivity index is 1.65. The Kier molecular flexibility index (Phi) is 5.90. The third-order valence-corrected chi connectivity index (χ3v) is 5.75. The molecular formula is C19H18ClN3O5S. The van der Waals surface area contributed by atoms with Gasteiger partial charge in [-0.1, -0.05) is 23.7 Å². The van der Waals surface area contributed by atoms with Crippen LogP contribution in [0.2, 0.25) is 5.02 Å². The quantitative estimate of drug-likeness (QED) is 0.699. The molecule has 2 aromatic carbocycles. The standard InChI is InChI=1S/C19H18ClN3O5S/c1-11(21-17-15-5-3-4-6-16(15)29(26,27)23-17)19(25)28-12(2)18(24)22-14-9-7-13(20)8-10-14/h3-12H,1-2H3,(H,21,23)(H,22,24)/t11-,12+/m1/s1. The topological polar surface area (TPSA) is 114 Å². The highest BCUT2D eigenvalue weighted by Gasteiger charge is 2.31. The lowest BCUT2D eigenvalue weighted by atomic mass is 10.2. The molecule has 1 heterocycles. The van der Waals surface area contributed by atoms with Crippen LogP contribution in [0.3, 0.4) is 0 Å². The van der Waals surface area contributed by atoms with E-state index in [0.29, 0.717) is 16.3 Å². The van der Waals surface area contributed by atoms with Crippen molar-refractivity contribution < 1.29 is 22.7 Å². The van der Waals surface area contributed by atoms with Gasteiger partial charge in [0.05, 0.1) is 4.90 Å². The highest BCUT2D eigenvalue weighted by atomic mass is 35.5. The summed E-state index contributed by atoms with van der Waals surface area (Å²) in [5, 5.41) is 3.14. The van der Waals surface area contributed by atoms with Crippen molar-refractivity contribution in [1.82, 2.24) is 4.72 Å². The first kappa shape index (κ1) is 20.8. The van der Waals surface area contributed by atoms with E-state index in [1.807, 2.05) is 0 Å². The second-order valence-electron chi connectivity index (χ2n) is 6.33. The van der Waals surface area contributed by atoms with E-state index in [0.717, 1.165) is 0 Å². The Bertz CT molecular complexity index is 1080. The van der Waals surface area contributed by atoms with Crippen LogP contribution in [-0.2, 0) is 24.3 Å². The molecule has 1 aliphatic rings. The number of amidine groups is 1. The third kappa shape index (κ3) is 4.75. The van der Waals surface area contributed by atoms with Crippen molar-refractivity contribution in [3.05, 3.63) is 59.1 Å². The summed E-state index contributed by atoms with van der Waals surface area (Å²) in [4.78, 5) is 28.7. The number of nitrogens with zero attached hydrogens (tertiary/aromatic N) is 1. The molecular weight excluding hydrogens is 418 g/mol. The number of hydrogen-bond acceptors (Lipinski definition) is 6. The van der Waals surface area contributed by atoms with Gasteiger partial charge in [-0.3, -0.25) is 14.5 Å². The number of esters is 1. The van der Waals surface area contributed by atoms with Gasteiger partial charge in [-0.15, -0.1) is 0 Å². The lowest BCUT2D eigenvalue weighted by Gasteiger charge is -2.15. The van der Waals surface area contributed by atoms with Crippen LogP contribution in [0, 0.1) is 0 Å². The molecule has 0 aliphatic carbocycles. The normalized spacial score (nSPS) is 17.7. The summed E-state index contributed by atoms with van der Waals surface area (Å²) in [5.41, 5.74) is 0.883. The number of nitrogens with one attached hydrogen (secondary N) is 2. The maximum absolute atomic E-state index is 12.3. The van der Waals surface area contributed by atoms with Gasteiger partial charge in [-0.05, 0) is 50.2 Å². The number of amides is 1. The molecule has 2 N–H and O–H groups in total. The minimum Gasteiger partial charge on any atom is -0.451 e. The number of fused-ring (bicyclic) bond motifs is 1. The molecule has 29 heavy (non-hydrogen) atoms. The largest absolute Gasteiger partial charge is 0.451 e. The molecule has 0 fully saturated rings. The lowest BCUT2D eigenvalue weighted by molar-refractivity contribution is -0.153. The first-order valence-electron chi connectivity index (χ1n) is 8.64. The second-order valence-corrected chi connectivity index (χ2v) is 8.42. The summed E-state index contributed by atoms with van der Waals surface area (Å²) in [7, 11) is -3.71. The molecule has 0 saturated carbocycles. The Morgan fingerprint density at radius 3 is 2.45 bits per heavy atom. The number of aliphatic imine (C=N–C) groups is 1. The molecule has 0 spiro atoms. The van der Waals surface area contributed by atoms with E-state index in [1.54, 1.807) is 42.5 Å². The molecule has 0 unspecified atom stereocenters. The number of halogens is 1. The molecule has 1 aliphatic heterocycles. The van der Waals surface area contributed by atoms with Gasteiger partial charge in [-0.2, -0.15) is 0 Å². The molecule has 0 aromatic heterocycles. The zero-order chi connectivity index (χ0) is 21.2. The van der Waals surface area contributed by atoms with Crippen molar-refractivity contribution >= 4 is 45.0 Å². The van der Waals surface area contributed by atoms with Gasteiger partial charge < -0.3 is 10.1 Å². The Hall–Kier alpha value is -2.91. The van der Waals surface area contributed by atoms with Crippen LogP contribution in [0.15, 0.2) is 58.4 Å². The summed E-state index contributed by atoms with van der Waals surface area (Å²) >= 11 is 5.80. The van der Waals surface area contributed by atoms with E-state index in [4.69, 9.17) is 16.3 Å². The number of benzene rings is 2. The van der Waals surface area contributed by atoms with Crippen molar-refractivity contribution in [1.29, 1.82) is 0 Å². The Morgan fingerprint density at radius 2 is 1.76 bits per heavy atom. The van der Waals surface area contributed by atoms with Crippen LogP contribution in [0.4, 0.5) is 5.69 Å². The predicted molar refractivity (Wildman–Crippen MR) is 108 cm³/mol. The second kappa shape index (κ2) is 8.22. The van der Waals surface area contributed by atoms with Crippen molar-refractivity contribution in [3.8, 4) is 0 Å². The van der Waals surface area contributed by atoms with Crippen LogP contribution < -0.4 is 10.0 Å². The molecule has 0 bridgehead atoms. The maximum Gasteiger partial charge on any atom is 0.331 e. The van der Waals surface area contributed by atoms with Gasteiger partial charge in [0.15, 0.2) is 6.10 Å². The highest BCUT2D eigenvalue weighted by molar-refractivity contribution is 7.90. The number of carbonyl (C=O) groups is 2. The highest BCUT2D eigenvalue weighted by Crippen LogP contribution is 2.22. The average molecular weight is 436 g/mol. The van der Waals surface area contributed by atoms with E-state index in [-0.39, 0.29) is 10.7 Å². The summed E-state index contributed by atoms with van der Waals surface area (Å²) in [6.45, 7) is 2.88. The number of sulfonamides is 1. The zero-order valence-electron chi connectivity index (χ0n) is 15.5. The molecule has 2 atom stereocenters. The zero-order valence-corrected chi connectivity index (χ0v) is 17.1.